The molecule has 0 spiro atoms. The van der Waals surface area contributed by atoms with Gasteiger partial charge in [-0.1, -0.05) is 0 Å². The van der Waals surface area contributed by atoms with Gasteiger partial charge in [-0.2, -0.15) is 0 Å². The van der Waals surface area contributed by atoms with Crippen molar-refractivity contribution in [3.05, 3.63) is 24.0 Å². The fourth-order valence-corrected chi connectivity index (χ4v) is 19.0. The number of pyridine rings is 1. The molecule has 2 N–H and O–H groups in total. The summed E-state index contributed by atoms with van der Waals surface area (Å²) in [7, 11) is 0. The van der Waals surface area contributed by atoms with Gasteiger partial charge in [0, 0.05) is 0 Å². The molecule has 1 rings (SSSR count). The molecule has 0 saturated carbocycles. The molecular weight excluding hydrogens is 379 g/mol. The number of aromatic nitrogens is 1. The maximum absolute atomic E-state index is 11.5. The fraction of sp³-hybridized carbons (Fsp3) is 0.667. The van der Waals surface area contributed by atoms with Gasteiger partial charge in [0.2, 0.25) is 0 Å². The average Bonchev–Trinajstić information content (AvgIpc) is 2.54. The number of primary amides is 1. The zero-order valence-electron chi connectivity index (χ0n) is 14.5. The predicted molar refractivity (Wildman–Crippen MR) is 97.3 cm³/mol. The van der Waals surface area contributed by atoms with E-state index in [1.165, 1.54) is 55.4 Å². The zero-order valence-corrected chi connectivity index (χ0v) is 17.4. The van der Waals surface area contributed by atoms with Crippen LogP contribution in [-0.4, -0.2) is 29.3 Å². The van der Waals surface area contributed by atoms with Crippen molar-refractivity contribution in [3.63, 3.8) is 0 Å². The molecule has 4 heteroatoms. The molecule has 0 radical (unpaired) electrons. The Kier molecular flexibility index (Phi) is 9.06. The molecular formula is C18H32N2OSn. The van der Waals surface area contributed by atoms with Crippen LogP contribution in [0.4, 0.5) is 0 Å². The van der Waals surface area contributed by atoms with Gasteiger partial charge in [0.1, 0.15) is 0 Å². The van der Waals surface area contributed by atoms with Gasteiger partial charge in [0.25, 0.3) is 0 Å². The number of amides is 1. The summed E-state index contributed by atoms with van der Waals surface area (Å²) in [5, 5.41) is 0. The first-order chi connectivity index (χ1) is 10.6. The van der Waals surface area contributed by atoms with Crippen molar-refractivity contribution in [2.75, 3.05) is 0 Å². The summed E-state index contributed by atoms with van der Waals surface area (Å²) in [6, 6.07) is 2.08. The Bertz CT molecular complexity index is 440. The number of carbonyl (C=O) groups excluding carboxylic acids is 1. The van der Waals surface area contributed by atoms with Crippen LogP contribution in [0, 0.1) is 0 Å². The molecule has 0 aromatic carbocycles. The van der Waals surface area contributed by atoms with Gasteiger partial charge in [-0.25, -0.2) is 0 Å². The summed E-state index contributed by atoms with van der Waals surface area (Å²) < 4.78 is 5.57. The quantitative estimate of drug-likeness (QED) is 0.554. The number of rotatable bonds is 11. The number of nitrogens with two attached hydrogens (primary N) is 1. The fourth-order valence-electron chi connectivity index (χ4n) is 3.22. The average molecular weight is 411 g/mol. The van der Waals surface area contributed by atoms with E-state index in [9.17, 15) is 4.79 Å². The third kappa shape index (κ3) is 5.56. The molecule has 0 bridgehead atoms. The molecule has 1 aromatic rings. The van der Waals surface area contributed by atoms with Gasteiger partial charge in [0.05, 0.1) is 0 Å². The van der Waals surface area contributed by atoms with Crippen LogP contribution in [0.15, 0.2) is 18.5 Å². The summed E-state index contributed by atoms with van der Waals surface area (Å²) in [6.07, 6.45) is 11.3. The van der Waals surface area contributed by atoms with Crippen LogP contribution in [0.25, 0.3) is 0 Å². The monoisotopic (exact) mass is 412 g/mol. The Morgan fingerprint density at radius 1 is 1.00 bits per heavy atom. The van der Waals surface area contributed by atoms with Gasteiger partial charge in [-0.15, -0.1) is 0 Å². The summed E-state index contributed by atoms with van der Waals surface area (Å²) in [5.74, 6) is -0.351. The van der Waals surface area contributed by atoms with Crippen LogP contribution in [0.3, 0.4) is 0 Å². The molecule has 0 unspecified atom stereocenters. The second-order valence-corrected chi connectivity index (χ2v) is 19.7. The summed E-state index contributed by atoms with van der Waals surface area (Å²) in [4.78, 5) is 15.9. The first-order valence-corrected chi connectivity index (χ1v) is 16.3. The van der Waals surface area contributed by atoms with E-state index < -0.39 is 18.4 Å². The van der Waals surface area contributed by atoms with Gasteiger partial charge < -0.3 is 0 Å². The molecule has 0 aliphatic heterocycles. The molecule has 1 aromatic heterocycles. The van der Waals surface area contributed by atoms with Crippen LogP contribution in [0.5, 0.6) is 0 Å². The Labute approximate surface area is 140 Å². The minimum absolute atomic E-state index is 0.351. The summed E-state index contributed by atoms with van der Waals surface area (Å²) in [6.45, 7) is 6.82. The molecule has 0 aliphatic carbocycles. The SMILES string of the molecule is CCC[CH2][Sn]([CH2]CCC)([CH2]CCC)[c]1cncc(C(N)=O)c1. The van der Waals surface area contributed by atoms with Crippen LogP contribution >= 0.6 is 0 Å². The van der Waals surface area contributed by atoms with E-state index in [2.05, 4.69) is 31.8 Å². The topological polar surface area (TPSA) is 56.0 Å². The van der Waals surface area contributed by atoms with Crippen molar-refractivity contribution < 1.29 is 4.79 Å². The third-order valence-corrected chi connectivity index (χ3v) is 20.2. The first kappa shape index (κ1) is 19.5. The molecule has 22 heavy (non-hydrogen) atoms. The number of hydrogen-bond donors (Lipinski definition) is 1. The molecule has 3 nitrogen and oxygen atoms in total. The number of nitrogens with zero attached hydrogens (tertiary/aromatic N) is 1. The van der Waals surface area contributed by atoms with E-state index in [1.807, 2.05) is 6.20 Å². The second-order valence-electron chi connectivity index (χ2n) is 6.42. The van der Waals surface area contributed by atoms with E-state index >= 15 is 0 Å². The Hall–Kier alpha value is -0.581. The number of hydrogen-bond acceptors (Lipinski definition) is 2. The summed E-state index contributed by atoms with van der Waals surface area (Å²) in [5.41, 5.74) is 6.06. The first-order valence-electron chi connectivity index (χ1n) is 8.85. The van der Waals surface area contributed by atoms with E-state index in [-0.39, 0.29) is 5.91 Å². The standard InChI is InChI=1S/C6H5N2O.3C4H9.Sn/c7-6(9)5-2-1-3-8-4-5;3*1-3-4-2;/h2-4H,(H2,7,9);3*1,3-4H2,2H3;. The normalized spacial score (nSPS) is 11.6. The van der Waals surface area contributed by atoms with Crippen molar-refractivity contribution in [1.82, 2.24) is 4.98 Å². The van der Waals surface area contributed by atoms with Crippen molar-refractivity contribution in [2.45, 2.75) is 72.6 Å². The second kappa shape index (κ2) is 10.2. The van der Waals surface area contributed by atoms with Gasteiger partial charge >= 0.3 is 140 Å². The molecule has 124 valence electrons. The van der Waals surface area contributed by atoms with Crippen LogP contribution < -0.4 is 9.31 Å². The summed E-state index contributed by atoms with van der Waals surface area (Å²) >= 11 is -2.47. The molecule has 1 amide bonds. The molecule has 1 heterocycles. The molecule has 0 fully saturated rings. The molecule has 0 saturated heterocycles. The van der Waals surface area contributed by atoms with Crippen molar-refractivity contribution in [1.29, 1.82) is 0 Å². The minimum atomic E-state index is -2.47. The van der Waals surface area contributed by atoms with E-state index in [0.717, 1.165) is 0 Å². The van der Waals surface area contributed by atoms with Crippen LogP contribution in [0.2, 0.25) is 13.3 Å². The Balaban J connectivity index is 3.18. The van der Waals surface area contributed by atoms with E-state index in [0.29, 0.717) is 5.56 Å². The maximum atomic E-state index is 11.5. The zero-order chi connectivity index (χ0) is 16.4. The van der Waals surface area contributed by atoms with E-state index in [4.69, 9.17) is 5.73 Å². The van der Waals surface area contributed by atoms with E-state index in [1.54, 1.807) is 6.20 Å². The Morgan fingerprint density at radius 2 is 1.50 bits per heavy atom. The number of unbranched alkanes of at least 4 members (excludes halogenated alkanes) is 3. The Morgan fingerprint density at radius 3 is 1.91 bits per heavy atom. The molecule has 0 aliphatic rings. The van der Waals surface area contributed by atoms with Gasteiger partial charge in [-0.05, 0) is 0 Å². The van der Waals surface area contributed by atoms with Crippen LogP contribution in [0.1, 0.15) is 69.7 Å². The third-order valence-electron chi connectivity index (χ3n) is 4.66. The van der Waals surface area contributed by atoms with Crippen molar-refractivity contribution >= 4 is 27.9 Å². The van der Waals surface area contributed by atoms with Gasteiger partial charge in [-0.3, -0.25) is 0 Å². The van der Waals surface area contributed by atoms with Crippen molar-refractivity contribution in [3.8, 4) is 0 Å². The van der Waals surface area contributed by atoms with Crippen molar-refractivity contribution in [2.24, 2.45) is 5.73 Å². The van der Waals surface area contributed by atoms with Crippen LogP contribution in [-0.2, 0) is 0 Å². The van der Waals surface area contributed by atoms with Gasteiger partial charge in [0.15, 0.2) is 0 Å². The number of carbonyl (C=O) groups is 1. The predicted octanol–water partition coefficient (Wildman–Crippen LogP) is 4.24. The molecule has 0 atom stereocenters.